The van der Waals surface area contributed by atoms with Crippen molar-refractivity contribution in [3.05, 3.63) is 0 Å². The monoisotopic (exact) mass is 578 g/mol. The molecule has 3 heterocycles. The number of hydrogen-bond acceptors (Lipinski definition) is 15. The molecule has 3 fully saturated rings. The molecular formula is C24H38N2O14. The van der Waals surface area contributed by atoms with Gasteiger partial charge >= 0.3 is 24.0 Å². The van der Waals surface area contributed by atoms with Crippen LogP contribution in [-0.4, -0.2) is 119 Å². The van der Waals surface area contributed by atoms with Gasteiger partial charge in [0.15, 0.2) is 30.6 Å². The zero-order valence-corrected chi connectivity index (χ0v) is 23.5. The molecule has 0 aromatic carbocycles. The Morgan fingerprint density at radius 3 is 2.15 bits per heavy atom. The third-order valence-corrected chi connectivity index (χ3v) is 6.40. The third kappa shape index (κ3) is 7.78. The molecule has 0 aromatic heterocycles. The van der Waals surface area contributed by atoms with Crippen LogP contribution in [0.1, 0.15) is 34.6 Å². The van der Waals surface area contributed by atoms with Crippen LogP contribution in [0.4, 0.5) is 4.79 Å². The minimum absolute atomic E-state index is 0.111. The predicted molar refractivity (Wildman–Crippen MR) is 129 cm³/mol. The molecule has 0 spiro atoms. The van der Waals surface area contributed by atoms with Gasteiger partial charge in [-0.05, 0) is 13.8 Å². The van der Waals surface area contributed by atoms with Crippen molar-refractivity contribution < 1.29 is 66.5 Å². The number of nitrogens with one attached hydrogen (secondary N) is 1. The summed E-state index contributed by atoms with van der Waals surface area (Å²) in [5.41, 5.74) is 6.47. The van der Waals surface area contributed by atoms with E-state index < -0.39 is 91.1 Å². The van der Waals surface area contributed by atoms with Crippen molar-refractivity contribution in [1.82, 2.24) is 5.32 Å². The average molecular weight is 579 g/mol. The lowest BCUT2D eigenvalue weighted by Crippen LogP contribution is -2.71. The molecule has 3 aliphatic heterocycles. The van der Waals surface area contributed by atoms with Crippen LogP contribution in [0.25, 0.3) is 0 Å². The topological polar surface area (TPSA) is 199 Å². The molecule has 10 atom stereocenters. The van der Waals surface area contributed by atoms with Crippen molar-refractivity contribution in [3.8, 4) is 0 Å². The largest absolute Gasteiger partial charge is 0.463 e. The van der Waals surface area contributed by atoms with E-state index in [1.54, 1.807) is 13.8 Å². The summed E-state index contributed by atoms with van der Waals surface area (Å²) < 4.78 is 56.4. The number of ether oxygens (including phenoxy) is 10. The Morgan fingerprint density at radius 2 is 1.57 bits per heavy atom. The van der Waals surface area contributed by atoms with E-state index in [0.29, 0.717) is 0 Å². The van der Waals surface area contributed by atoms with E-state index in [1.165, 1.54) is 21.1 Å². The van der Waals surface area contributed by atoms with Gasteiger partial charge in [0, 0.05) is 27.9 Å². The highest BCUT2D eigenvalue weighted by Crippen LogP contribution is 2.36. The lowest BCUT2D eigenvalue weighted by atomic mass is 9.93. The Kier molecular flexibility index (Phi) is 10.7. The molecule has 1 amide bonds. The minimum atomic E-state index is -1.35. The van der Waals surface area contributed by atoms with Gasteiger partial charge in [0.25, 0.3) is 0 Å². The molecule has 0 saturated carbocycles. The van der Waals surface area contributed by atoms with Crippen molar-refractivity contribution in [2.24, 2.45) is 5.73 Å². The van der Waals surface area contributed by atoms with Crippen LogP contribution in [0.3, 0.4) is 0 Å². The maximum atomic E-state index is 12.3. The summed E-state index contributed by atoms with van der Waals surface area (Å²) in [6, 6.07) is -2.22. The molecule has 0 aliphatic carbocycles. The number of amides is 1. The van der Waals surface area contributed by atoms with E-state index in [4.69, 9.17) is 53.1 Å². The van der Waals surface area contributed by atoms with Crippen molar-refractivity contribution in [2.75, 3.05) is 27.4 Å². The van der Waals surface area contributed by atoms with Gasteiger partial charge in [0.2, 0.25) is 0 Å². The number of carbonyl (C=O) groups is 4. The van der Waals surface area contributed by atoms with Crippen LogP contribution in [0.15, 0.2) is 0 Å². The second-order valence-electron chi connectivity index (χ2n) is 9.91. The molecule has 0 radical (unpaired) electrons. The second-order valence-corrected chi connectivity index (χ2v) is 9.91. The lowest BCUT2D eigenvalue weighted by Gasteiger charge is -2.52. The molecule has 16 heteroatoms. The number of rotatable bonds is 8. The van der Waals surface area contributed by atoms with Crippen molar-refractivity contribution >= 4 is 24.0 Å². The summed E-state index contributed by atoms with van der Waals surface area (Å²) in [5, 5.41) is 2.64. The molecule has 40 heavy (non-hydrogen) atoms. The van der Waals surface area contributed by atoms with Gasteiger partial charge in [0.1, 0.15) is 37.1 Å². The van der Waals surface area contributed by atoms with E-state index in [-0.39, 0.29) is 13.2 Å². The summed E-state index contributed by atoms with van der Waals surface area (Å²) >= 11 is 0. The van der Waals surface area contributed by atoms with Crippen LogP contribution < -0.4 is 11.1 Å². The quantitative estimate of drug-likeness (QED) is 0.265. The molecule has 3 rings (SSSR count). The number of methoxy groups -OCH3 is 2. The van der Waals surface area contributed by atoms with E-state index in [9.17, 15) is 19.2 Å². The van der Waals surface area contributed by atoms with Gasteiger partial charge in [-0.2, -0.15) is 0 Å². The zero-order valence-electron chi connectivity index (χ0n) is 23.5. The standard InChI is InChI=1S/C24H38N2O14/c1-10(27)33-8-13-17(35-11(2)28)19(36-12(3)29)15(25)21(37-13)39-20-16(26-23(30)32-7)22(31-6)38-14-9-34-24(4,5)40-18(14)20/h13-22H,8-9,25H2,1-7H3,(H,26,30)/t13-,14-,15-,16-,17-,18-,19-,20-,21+,22-/m1/s1. The van der Waals surface area contributed by atoms with Crippen LogP contribution in [0.5, 0.6) is 0 Å². The molecule has 0 unspecified atom stereocenters. The first kappa shape index (κ1) is 31.9. The Hall–Kier alpha value is -2.60. The molecule has 3 aliphatic rings. The van der Waals surface area contributed by atoms with Crippen LogP contribution in [0, 0.1) is 0 Å². The lowest BCUT2D eigenvalue weighted by molar-refractivity contribution is -0.386. The number of fused-ring (bicyclic) bond motifs is 1. The number of carbonyl (C=O) groups excluding carboxylic acids is 4. The number of esters is 3. The molecule has 228 valence electrons. The van der Waals surface area contributed by atoms with Gasteiger partial charge < -0.3 is 58.4 Å². The van der Waals surface area contributed by atoms with Gasteiger partial charge in [-0.25, -0.2) is 4.79 Å². The first-order chi connectivity index (χ1) is 18.8. The predicted octanol–water partition coefficient (Wildman–Crippen LogP) is -0.902. The smallest absolute Gasteiger partial charge is 0.407 e. The first-order valence-electron chi connectivity index (χ1n) is 12.6. The van der Waals surface area contributed by atoms with Crippen LogP contribution >= 0.6 is 0 Å². The maximum Gasteiger partial charge on any atom is 0.407 e. The van der Waals surface area contributed by atoms with E-state index >= 15 is 0 Å². The Balaban J connectivity index is 1.99. The Morgan fingerprint density at radius 1 is 0.925 bits per heavy atom. The highest BCUT2D eigenvalue weighted by atomic mass is 16.8. The number of hydrogen-bond donors (Lipinski definition) is 2. The van der Waals surface area contributed by atoms with E-state index in [0.717, 1.165) is 13.8 Å². The minimum Gasteiger partial charge on any atom is -0.463 e. The fourth-order valence-electron chi connectivity index (χ4n) is 4.75. The van der Waals surface area contributed by atoms with Gasteiger partial charge in [-0.15, -0.1) is 0 Å². The normalized spacial score (nSPS) is 36.9. The fourth-order valence-corrected chi connectivity index (χ4v) is 4.75. The fraction of sp³-hybridized carbons (Fsp3) is 0.833. The number of alkyl carbamates (subject to hydrolysis) is 1. The molecule has 3 saturated heterocycles. The molecular weight excluding hydrogens is 540 g/mol. The Labute approximate surface area is 231 Å². The first-order valence-corrected chi connectivity index (χ1v) is 12.6. The van der Waals surface area contributed by atoms with Crippen LogP contribution in [0.2, 0.25) is 0 Å². The summed E-state index contributed by atoms with van der Waals surface area (Å²) in [6.45, 7) is 6.63. The highest BCUT2D eigenvalue weighted by Gasteiger charge is 2.56. The SMILES string of the molecule is COC(=O)N[C@H]1[C@H](OC)O[C@@H]2COC(C)(C)O[C@H]2[C@@H]1O[C@@H]1O[C@H](COC(C)=O)[C@@H](OC(C)=O)[C@H](OC(C)=O)[C@H]1N. The van der Waals surface area contributed by atoms with Crippen LogP contribution in [-0.2, 0) is 61.8 Å². The average Bonchev–Trinajstić information content (AvgIpc) is 2.86. The second kappa shape index (κ2) is 13.4. The zero-order chi connectivity index (χ0) is 29.8. The van der Waals surface area contributed by atoms with Gasteiger partial charge in [-0.1, -0.05) is 0 Å². The van der Waals surface area contributed by atoms with E-state index in [2.05, 4.69) is 5.32 Å². The van der Waals surface area contributed by atoms with Crippen molar-refractivity contribution in [1.29, 1.82) is 0 Å². The number of nitrogens with two attached hydrogens (primary N) is 1. The van der Waals surface area contributed by atoms with Gasteiger partial charge in [0.05, 0.1) is 19.8 Å². The van der Waals surface area contributed by atoms with Gasteiger partial charge in [-0.3, -0.25) is 14.4 Å². The van der Waals surface area contributed by atoms with Crippen molar-refractivity contribution in [2.45, 2.75) is 102 Å². The Bertz CT molecular complexity index is 931. The summed E-state index contributed by atoms with van der Waals surface area (Å²) in [5.74, 6) is -3.09. The molecule has 16 nitrogen and oxygen atoms in total. The molecule has 0 aromatic rings. The third-order valence-electron chi connectivity index (χ3n) is 6.40. The highest BCUT2D eigenvalue weighted by molar-refractivity contribution is 5.68. The molecule has 3 N–H and O–H groups in total. The van der Waals surface area contributed by atoms with Crippen molar-refractivity contribution in [3.63, 3.8) is 0 Å². The molecule has 0 bridgehead atoms. The summed E-state index contributed by atoms with van der Waals surface area (Å²) in [7, 11) is 2.56. The summed E-state index contributed by atoms with van der Waals surface area (Å²) in [6.07, 6.45) is -9.38. The maximum absolute atomic E-state index is 12.3. The van der Waals surface area contributed by atoms with E-state index in [1.807, 2.05) is 0 Å². The summed E-state index contributed by atoms with van der Waals surface area (Å²) in [4.78, 5) is 47.7.